The largest absolute Gasteiger partial charge is 0.340 e. The predicted octanol–water partition coefficient (Wildman–Crippen LogP) is 3.23. The van der Waals surface area contributed by atoms with Gasteiger partial charge in [0.1, 0.15) is 23.7 Å². The molecule has 0 aliphatic heterocycles. The van der Waals surface area contributed by atoms with Gasteiger partial charge in [0, 0.05) is 25.3 Å². The van der Waals surface area contributed by atoms with Crippen molar-refractivity contribution in [1.82, 2.24) is 14.9 Å². The molecule has 0 radical (unpaired) electrons. The molecule has 22 heavy (non-hydrogen) atoms. The summed E-state index contributed by atoms with van der Waals surface area (Å²) in [4.78, 5) is 22.0. The molecule has 1 heterocycles. The maximum absolute atomic E-state index is 13.2. The minimum Gasteiger partial charge on any atom is -0.340 e. The van der Waals surface area contributed by atoms with Crippen molar-refractivity contribution in [3.05, 3.63) is 48.2 Å². The van der Waals surface area contributed by atoms with E-state index in [1.54, 1.807) is 30.1 Å². The molecular weight excluding hydrogens is 283 g/mol. The van der Waals surface area contributed by atoms with Crippen LogP contribution in [0.15, 0.2) is 36.7 Å². The van der Waals surface area contributed by atoms with Crippen molar-refractivity contribution < 1.29 is 9.18 Å². The number of carbonyl (C=O) groups is 1. The molecule has 0 spiro atoms. The molecular formula is C16H19FN4O. The van der Waals surface area contributed by atoms with E-state index in [9.17, 15) is 9.18 Å². The van der Waals surface area contributed by atoms with Crippen molar-refractivity contribution in [3.63, 3.8) is 0 Å². The van der Waals surface area contributed by atoms with Gasteiger partial charge in [0.15, 0.2) is 0 Å². The van der Waals surface area contributed by atoms with E-state index in [2.05, 4.69) is 22.2 Å². The quantitative estimate of drug-likeness (QED) is 0.890. The normalized spacial score (nSPS) is 10.3. The summed E-state index contributed by atoms with van der Waals surface area (Å²) in [6.07, 6.45) is 3.29. The average Bonchev–Trinajstić information content (AvgIpc) is 2.52. The van der Waals surface area contributed by atoms with E-state index in [1.807, 2.05) is 0 Å². The molecule has 0 aliphatic rings. The third kappa shape index (κ3) is 4.25. The first-order valence-electron chi connectivity index (χ1n) is 7.20. The summed E-state index contributed by atoms with van der Waals surface area (Å²) >= 11 is 0. The van der Waals surface area contributed by atoms with E-state index in [4.69, 9.17) is 0 Å². The van der Waals surface area contributed by atoms with Crippen molar-refractivity contribution >= 4 is 17.4 Å². The highest BCUT2D eigenvalue weighted by Crippen LogP contribution is 2.16. The molecule has 0 bridgehead atoms. The first-order valence-corrected chi connectivity index (χ1v) is 7.20. The lowest BCUT2D eigenvalue weighted by Gasteiger charge is -2.16. The number of nitrogens with one attached hydrogen (secondary N) is 1. The number of rotatable bonds is 6. The smallest absolute Gasteiger partial charge is 0.272 e. The van der Waals surface area contributed by atoms with Crippen LogP contribution >= 0.6 is 0 Å². The lowest BCUT2D eigenvalue weighted by molar-refractivity contribution is 0.0787. The second-order valence-corrected chi connectivity index (χ2v) is 5.00. The van der Waals surface area contributed by atoms with Crippen molar-refractivity contribution in [2.45, 2.75) is 19.8 Å². The Labute approximate surface area is 129 Å². The second-order valence-electron chi connectivity index (χ2n) is 5.00. The molecule has 116 valence electrons. The minimum atomic E-state index is -0.338. The molecule has 5 nitrogen and oxygen atoms in total. The summed E-state index contributed by atoms with van der Waals surface area (Å²) in [5, 5.41) is 2.96. The average molecular weight is 302 g/mol. The fourth-order valence-corrected chi connectivity index (χ4v) is 1.95. The summed E-state index contributed by atoms with van der Waals surface area (Å²) in [7, 11) is 1.75. The van der Waals surface area contributed by atoms with Crippen LogP contribution in [0.4, 0.5) is 15.9 Å². The highest BCUT2D eigenvalue weighted by molar-refractivity contribution is 5.92. The van der Waals surface area contributed by atoms with E-state index in [1.165, 1.54) is 18.5 Å². The van der Waals surface area contributed by atoms with Gasteiger partial charge in [0.25, 0.3) is 5.91 Å². The number of benzene rings is 1. The fraction of sp³-hybridized carbons (Fsp3) is 0.312. The van der Waals surface area contributed by atoms with Crippen LogP contribution in [-0.4, -0.2) is 34.4 Å². The first kappa shape index (κ1) is 15.9. The number of aromatic nitrogens is 2. The van der Waals surface area contributed by atoms with E-state index in [0.29, 0.717) is 23.7 Å². The van der Waals surface area contributed by atoms with Crippen molar-refractivity contribution in [2.75, 3.05) is 18.9 Å². The van der Waals surface area contributed by atoms with Gasteiger partial charge in [0.2, 0.25) is 0 Å². The zero-order chi connectivity index (χ0) is 15.9. The summed E-state index contributed by atoms with van der Waals surface area (Å²) in [6, 6.07) is 7.61. The van der Waals surface area contributed by atoms with Gasteiger partial charge in [-0.25, -0.2) is 14.4 Å². The molecule has 2 aromatic rings. The van der Waals surface area contributed by atoms with Crippen molar-refractivity contribution in [3.8, 4) is 0 Å². The molecule has 0 saturated heterocycles. The Bertz CT molecular complexity index is 648. The number of amides is 1. The van der Waals surface area contributed by atoms with Gasteiger partial charge >= 0.3 is 0 Å². The number of anilines is 2. The van der Waals surface area contributed by atoms with Crippen LogP contribution in [0.25, 0.3) is 0 Å². The highest BCUT2D eigenvalue weighted by Gasteiger charge is 2.13. The Morgan fingerprint density at radius 3 is 2.86 bits per heavy atom. The number of halogens is 1. The third-order valence-electron chi connectivity index (χ3n) is 3.18. The SMILES string of the molecule is CCCCN(C)C(=O)c1cc(Nc2cccc(F)c2)ncn1. The second kappa shape index (κ2) is 7.49. The zero-order valence-corrected chi connectivity index (χ0v) is 12.7. The number of carbonyl (C=O) groups excluding carboxylic acids is 1. The van der Waals surface area contributed by atoms with Crippen LogP contribution in [0.5, 0.6) is 0 Å². The maximum Gasteiger partial charge on any atom is 0.272 e. The molecule has 1 N–H and O–H groups in total. The van der Waals surface area contributed by atoms with Crippen LogP contribution in [-0.2, 0) is 0 Å². The van der Waals surface area contributed by atoms with Gasteiger partial charge in [-0.05, 0) is 24.6 Å². The van der Waals surface area contributed by atoms with Gasteiger partial charge in [-0.2, -0.15) is 0 Å². The summed E-state index contributed by atoms with van der Waals surface area (Å²) in [6.45, 7) is 2.76. The Hall–Kier alpha value is -2.50. The summed E-state index contributed by atoms with van der Waals surface area (Å²) < 4.78 is 13.2. The van der Waals surface area contributed by atoms with Gasteiger partial charge in [-0.15, -0.1) is 0 Å². The van der Waals surface area contributed by atoms with Gasteiger partial charge in [-0.1, -0.05) is 19.4 Å². The highest BCUT2D eigenvalue weighted by atomic mass is 19.1. The number of nitrogens with zero attached hydrogens (tertiary/aromatic N) is 3. The van der Waals surface area contributed by atoms with E-state index >= 15 is 0 Å². The molecule has 0 unspecified atom stereocenters. The van der Waals surface area contributed by atoms with Gasteiger partial charge < -0.3 is 10.2 Å². The van der Waals surface area contributed by atoms with Gasteiger partial charge in [-0.3, -0.25) is 4.79 Å². The topological polar surface area (TPSA) is 58.1 Å². The number of unbranched alkanes of at least 4 members (excludes halogenated alkanes) is 1. The van der Waals surface area contributed by atoms with Crippen LogP contribution in [0, 0.1) is 5.82 Å². The van der Waals surface area contributed by atoms with Gasteiger partial charge in [0.05, 0.1) is 0 Å². The van der Waals surface area contributed by atoms with Crippen molar-refractivity contribution in [1.29, 1.82) is 0 Å². The minimum absolute atomic E-state index is 0.154. The Kier molecular flexibility index (Phi) is 5.41. The molecule has 1 aromatic carbocycles. The van der Waals surface area contributed by atoms with E-state index < -0.39 is 0 Å². The lowest BCUT2D eigenvalue weighted by Crippen LogP contribution is -2.28. The standard InChI is InChI=1S/C16H19FN4O/c1-3-4-8-21(2)16(22)14-10-15(19-11-18-14)20-13-7-5-6-12(17)9-13/h5-7,9-11H,3-4,8H2,1-2H3,(H,18,19,20). The van der Waals surface area contributed by atoms with E-state index in [-0.39, 0.29) is 11.7 Å². The van der Waals surface area contributed by atoms with Crippen LogP contribution in [0.1, 0.15) is 30.3 Å². The fourth-order valence-electron chi connectivity index (χ4n) is 1.95. The Morgan fingerprint density at radius 2 is 2.14 bits per heavy atom. The van der Waals surface area contributed by atoms with E-state index in [0.717, 1.165) is 12.8 Å². The van der Waals surface area contributed by atoms with Crippen LogP contribution in [0.3, 0.4) is 0 Å². The predicted molar refractivity (Wildman–Crippen MR) is 83.6 cm³/mol. The molecule has 0 fully saturated rings. The molecule has 2 rings (SSSR count). The lowest BCUT2D eigenvalue weighted by atomic mass is 10.3. The maximum atomic E-state index is 13.2. The number of hydrogen-bond donors (Lipinski definition) is 1. The molecule has 1 aromatic heterocycles. The number of hydrogen-bond acceptors (Lipinski definition) is 4. The Morgan fingerprint density at radius 1 is 1.32 bits per heavy atom. The Balaban J connectivity index is 2.11. The molecule has 0 atom stereocenters. The van der Waals surface area contributed by atoms with Crippen LogP contribution in [0.2, 0.25) is 0 Å². The van der Waals surface area contributed by atoms with Crippen LogP contribution < -0.4 is 5.32 Å². The molecule has 1 amide bonds. The molecule has 6 heteroatoms. The first-order chi connectivity index (χ1) is 10.6. The van der Waals surface area contributed by atoms with Crippen molar-refractivity contribution in [2.24, 2.45) is 0 Å². The third-order valence-corrected chi connectivity index (χ3v) is 3.18. The molecule has 0 aliphatic carbocycles. The zero-order valence-electron chi connectivity index (χ0n) is 12.7. The summed E-state index contributed by atoms with van der Waals surface area (Å²) in [5.74, 6) is -0.0411. The molecule has 0 saturated carbocycles. The monoisotopic (exact) mass is 302 g/mol. The summed E-state index contributed by atoms with van der Waals surface area (Å²) in [5.41, 5.74) is 0.879.